The number of nitrogens with two attached hydrogens (primary N) is 1. The van der Waals surface area contributed by atoms with E-state index in [1.165, 1.54) is 0 Å². The van der Waals surface area contributed by atoms with Crippen LogP contribution < -0.4 is 11.1 Å². The van der Waals surface area contributed by atoms with Crippen molar-refractivity contribution in [3.05, 3.63) is 35.6 Å². The van der Waals surface area contributed by atoms with Crippen molar-refractivity contribution in [2.75, 3.05) is 13.1 Å². The van der Waals surface area contributed by atoms with Gasteiger partial charge in [-0.25, -0.2) is 4.39 Å². The molecule has 0 unspecified atom stereocenters. The van der Waals surface area contributed by atoms with Gasteiger partial charge in [-0.05, 0) is 49.9 Å². The lowest BCUT2D eigenvalue weighted by atomic mass is 9.75. The first kappa shape index (κ1) is 11.6. The summed E-state index contributed by atoms with van der Waals surface area (Å²) in [4.78, 5) is 0. The Morgan fingerprint density at radius 1 is 1.31 bits per heavy atom. The summed E-state index contributed by atoms with van der Waals surface area (Å²) >= 11 is 0. The van der Waals surface area contributed by atoms with Crippen molar-refractivity contribution in [3.8, 4) is 0 Å². The van der Waals surface area contributed by atoms with E-state index < -0.39 is 0 Å². The molecule has 0 aliphatic heterocycles. The lowest BCUT2D eigenvalue weighted by Crippen LogP contribution is -2.41. The Labute approximate surface area is 96.0 Å². The van der Waals surface area contributed by atoms with Gasteiger partial charge in [0.15, 0.2) is 0 Å². The summed E-state index contributed by atoms with van der Waals surface area (Å²) in [5.41, 5.74) is 6.30. The zero-order valence-corrected chi connectivity index (χ0v) is 9.45. The number of rotatable bonds is 5. The Morgan fingerprint density at radius 3 is 2.75 bits per heavy atom. The molecule has 1 aromatic rings. The maximum atomic E-state index is 13.5. The van der Waals surface area contributed by atoms with Gasteiger partial charge >= 0.3 is 0 Å². The first-order valence-corrected chi connectivity index (χ1v) is 5.99. The van der Waals surface area contributed by atoms with E-state index in [4.69, 9.17) is 5.73 Å². The number of halogens is 1. The lowest BCUT2D eigenvalue weighted by molar-refractivity contribution is 0.285. The van der Waals surface area contributed by atoms with Crippen LogP contribution in [0.15, 0.2) is 24.3 Å². The smallest absolute Gasteiger partial charge is 0.126 e. The van der Waals surface area contributed by atoms with Crippen molar-refractivity contribution >= 4 is 0 Å². The van der Waals surface area contributed by atoms with Gasteiger partial charge < -0.3 is 11.1 Å². The van der Waals surface area contributed by atoms with Crippen molar-refractivity contribution < 1.29 is 4.39 Å². The molecular weight excluding hydrogens is 203 g/mol. The molecule has 0 saturated heterocycles. The molecule has 0 aromatic heterocycles. The van der Waals surface area contributed by atoms with E-state index in [9.17, 15) is 4.39 Å². The summed E-state index contributed by atoms with van der Waals surface area (Å²) in [5, 5.41) is 3.44. The quantitative estimate of drug-likeness (QED) is 0.748. The predicted octanol–water partition coefficient (Wildman–Crippen LogP) is 2.01. The second kappa shape index (κ2) is 5.41. The summed E-state index contributed by atoms with van der Waals surface area (Å²) in [5.74, 6) is 0.337. The van der Waals surface area contributed by atoms with Crippen molar-refractivity contribution in [2.24, 2.45) is 5.73 Å². The van der Waals surface area contributed by atoms with Crippen LogP contribution in [0, 0.1) is 5.82 Å². The second-order valence-corrected chi connectivity index (χ2v) is 4.48. The molecular formula is C13H19FN2. The second-order valence-electron chi connectivity index (χ2n) is 4.48. The molecule has 2 nitrogen and oxygen atoms in total. The van der Waals surface area contributed by atoms with Crippen LogP contribution in [0.4, 0.5) is 4.39 Å². The van der Waals surface area contributed by atoms with E-state index in [1.807, 2.05) is 12.1 Å². The summed E-state index contributed by atoms with van der Waals surface area (Å²) in [6.07, 6.45) is 3.11. The van der Waals surface area contributed by atoms with Crippen LogP contribution in [0.1, 0.15) is 30.7 Å². The Bertz CT molecular complexity index is 334. The topological polar surface area (TPSA) is 38.0 Å². The Morgan fingerprint density at radius 2 is 2.06 bits per heavy atom. The Balaban J connectivity index is 1.78. The van der Waals surface area contributed by atoms with Crippen LogP contribution in [-0.4, -0.2) is 19.1 Å². The molecule has 1 aromatic carbocycles. The minimum Gasteiger partial charge on any atom is -0.330 e. The number of nitrogens with one attached hydrogen (secondary N) is 1. The molecule has 1 aliphatic carbocycles. The van der Waals surface area contributed by atoms with E-state index >= 15 is 0 Å². The van der Waals surface area contributed by atoms with Gasteiger partial charge in [0.25, 0.3) is 0 Å². The number of benzene rings is 1. The number of hydrogen-bond acceptors (Lipinski definition) is 2. The van der Waals surface area contributed by atoms with E-state index in [0.29, 0.717) is 12.0 Å². The Hall–Kier alpha value is -0.930. The van der Waals surface area contributed by atoms with Crippen LogP contribution >= 0.6 is 0 Å². The van der Waals surface area contributed by atoms with E-state index in [1.54, 1.807) is 12.1 Å². The third-order valence-corrected chi connectivity index (χ3v) is 3.30. The molecule has 1 aliphatic rings. The molecule has 3 N–H and O–H groups in total. The normalized spacial score (nSPS) is 24.1. The van der Waals surface area contributed by atoms with Crippen LogP contribution in [-0.2, 0) is 0 Å². The molecule has 1 saturated carbocycles. The lowest BCUT2D eigenvalue weighted by Gasteiger charge is -2.36. The van der Waals surface area contributed by atoms with Crippen LogP contribution in [0.2, 0.25) is 0 Å². The molecule has 88 valence electrons. The average molecular weight is 222 g/mol. The van der Waals surface area contributed by atoms with Gasteiger partial charge in [-0.1, -0.05) is 18.2 Å². The maximum Gasteiger partial charge on any atom is 0.126 e. The first-order chi connectivity index (χ1) is 7.81. The van der Waals surface area contributed by atoms with Crippen molar-refractivity contribution in [1.82, 2.24) is 5.32 Å². The molecule has 0 atom stereocenters. The van der Waals surface area contributed by atoms with Gasteiger partial charge in [-0.15, -0.1) is 0 Å². The standard InChI is InChI=1S/C13H19FN2/c14-13-5-2-1-4-12(13)10-8-11(9-10)16-7-3-6-15/h1-2,4-5,10-11,16H,3,6-9,15H2. The molecule has 3 heteroatoms. The predicted molar refractivity (Wildman–Crippen MR) is 63.8 cm³/mol. The van der Waals surface area contributed by atoms with Gasteiger partial charge in [0.05, 0.1) is 0 Å². The van der Waals surface area contributed by atoms with Crippen molar-refractivity contribution in [1.29, 1.82) is 0 Å². The molecule has 0 spiro atoms. The molecule has 16 heavy (non-hydrogen) atoms. The third-order valence-electron chi connectivity index (χ3n) is 3.30. The highest BCUT2D eigenvalue weighted by Crippen LogP contribution is 2.37. The summed E-state index contributed by atoms with van der Waals surface area (Å²) in [6.45, 7) is 1.71. The number of hydrogen-bond donors (Lipinski definition) is 2. The highest BCUT2D eigenvalue weighted by atomic mass is 19.1. The van der Waals surface area contributed by atoms with Crippen LogP contribution in [0.3, 0.4) is 0 Å². The van der Waals surface area contributed by atoms with Gasteiger partial charge in [-0.2, -0.15) is 0 Å². The summed E-state index contributed by atoms with van der Waals surface area (Å²) in [6, 6.07) is 7.65. The highest BCUT2D eigenvalue weighted by molar-refractivity contribution is 5.24. The summed E-state index contributed by atoms with van der Waals surface area (Å²) < 4.78 is 13.5. The minimum absolute atomic E-state index is 0.0621. The van der Waals surface area contributed by atoms with Gasteiger partial charge in [0, 0.05) is 6.04 Å². The van der Waals surface area contributed by atoms with Crippen LogP contribution in [0.5, 0.6) is 0 Å². The van der Waals surface area contributed by atoms with Crippen LogP contribution in [0.25, 0.3) is 0 Å². The fraction of sp³-hybridized carbons (Fsp3) is 0.538. The van der Waals surface area contributed by atoms with Crippen molar-refractivity contribution in [3.63, 3.8) is 0 Å². The van der Waals surface area contributed by atoms with Gasteiger partial charge in [-0.3, -0.25) is 0 Å². The molecule has 0 heterocycles. The van der Waals surface area contributed by atoms with E-state index in [2.05, 4.69) is 5.32 Å². The third kappa shape index (κ3) is 2.60. The molecule has 2 rings (SSSR count). The highest BCUT2D eigenvalue weighted by Gasteiger charge is 2.31. The largest absolute Gasteiger partial charge is 0.330 e. The maximum absolute atomic E-state index is 13.5. The van der Waals surface area contributed by atoms with E-state index in [-0.39, 0.29) is 5.82 Å². The molecule has 0 radical (unpaired) electrons. The fourth-order valence-corrected chi connectivity index (χ4v) is 2.25. The average Bonchev–Trinajstić information content (AvgIpc) is 2.23. The first-order valence-electron chi connectivity index (χ1n) is 5.99. The van der Waals surface area contributed by atoms with E-state index in [0.717, 1.165) is 37.9 Å². The van der Waals surface area contributed by atoms with Gasteiger partial charge in [0.1, 0.15) is 5.82 Å². The zero-order chi connectivity index (χ0) is 11.4. The molecule has 1 fully saturated rings. The zero-order valence-electron chi connectivity index (χ0n) is 9.45. The molecule has 0 amide bonds. The monoisotopic (exact) mass is 222 g/mol. The SMILES string of the molecule is NCCCNC1CC(c2ccccc2F)C1. The molecule has 0 bridgehead atoms. The van der Waals surface area contributed by atoms with Crippen molar-refractivity contribution in [2.45, 2.75) is 31.2 Å². The minimum atomic E-state index is -0.0621. The van der Waals surface area contributed by atoms with Gasteiger partial charge in [0.2, 0.25) is 0 Å². The fourth-order valence-electron chi connectivity index (χ4n) is 2.25. The Kier molecular flexibility index (Phi) is 3.91. The summed E-state index contributed by atoms with van der Waals surface area (Å²) in [7, 11) is 0.